The second kappa shape index (κ2) is 5.56. The van der Waals surface area contributed by atoms with Gasteiger partial charge < -0.3 is 14.8 Å². The number of nitrogens with zero attached hydrogens (tertiary/aromatic N) is 1. The first-order valence-electron chi connectivity index (χ1n) is 6.12. The van der Waals surface area contributed by atoms with Crippen LogP contribution in [0.1, 0.15) is 18.2 Å². The lowest BCUT2D eigenvalue weighted by Gasteiger charge is -2.08. The van der Waals surface area contributed by atoms with Crippen molar-refractivity contribution in [2.45, 2.75) is 20.3 Å². The molecule has 0 spiro atoms. The molecule has 2 N–H and O–H groups in total. The highest BCUT2D eigenvalue weighted by atomic mass is 16.7. The standard InChI is InChI=1S/C14H14N2O4/c1-3-9-7-10(8(2)15-13(9)17)11-5-4-6-12(16-11)20-14(18)19/h4-7H,3H2,1-2H3,(H,15,17)(H,18,19). The summed E-state index contributed by atoms with van der Waals surface area (Å²) >= 11 is 0. The molecule has 0 saturated carbocycles. The number of H-pyrrole nitrogens is 1. The fourth-order valence-corrected chi connectivity index (χ4v) is 1.91. The van der Waals surface area contributed by atoms with Gasteiger partial charge in [0.1, 0.15) is 0 Å². The highest BCUT2D eigenvalue weighted by Gasteiger charge is 2.10. The van der Waals surface area contributed by atoms with E-state index in [4.69, 9.17) is 5.11 Å². The summed E-state index contributed by atoms with van der Waals surface area (Å²) in [6.45, 7) is 3.66. The van der Waals surface area contributed by atoms with E-state index in [0.29, 0.717) is 23.4 Å². The van der Waals surface area contributed by atoms with Crippen molar-refractivity contribution in [2.75, 3.05) is 0 Å². The molecule has 0 aliphatic rings. The van der Waals surface area contributed by atoms with Crippen LogP contribution in [0.5, 0.6) is 5.88 Å². The zero-order valence-electron chi connectivity index (χ0n) is 11.1. The molecule has 0 amide bonds. The third-order valence-corrected chi connectivity index (χ3v) is 2.89. The number of aryl methyl sites for hydroxylation is 2. The van der Waals surface area contributed by atoms with Crippen LogP contribution in [0.4, 0.5) is 4.79 Å². The summed E-state index contributed by atoms with van der Waals surface area (Å²) in [6.07, 6.45) is -0.810. The maximum Gasteiger partial charge on any atom is 0.512 e. The van der Waals surface area contributed by atoms with Gasteiger partial charge in [0.05, 0.1) is 5.69 Å². The molecule has 2 aromatic heterocycles. The molecular weight excluding hydrogens is 260 g/mol. The Morgan fingerprint density at radius 2 is 2.20 bits per heavy atom. The van der Waals surface area contributed by atoms with Crippen molar-refractivity contribution in [2.24, 2.45) is 0 Å². The van der Waals surface area contributed by atoms with Gasteiger partial charge in [-0.05, 0) is 25.5 Å². The van der Waals surface area contributed by atoms with Gasteiger partial charge in [-0.1, -0.05) is 13.0 Å². The third kappa shape index (κ3) is 2.85. The molecule has 0 aliphatic heterocycles. The van der Waals surface area contributed by atoms with Gasteiger partial charge in [-0.25, -0.2) is 9.78 Å². The smallest absolute Gasteiger partial charge is 0.449 e. The van der Waals surface area contributed by atoms with Crippen LogP contribution >= 0.6 is 0 Å². The van der Waals surface area contributed by atoms with Crippen molar-refractivity contribution in [1.82, 2.24) is 9.97 Å². The molecule has 0 radical (unpaired) electrons. The molecule has 6 heteroatoms. The maximum absolute atomic E-state index is 11.7. The molecule has 0 atom stereocenters. The number of rotatable bonds is 3. The lowest BCUT2D eigenvalue weighted by Crippen LogP contribution is -2.14. The number of carbonyl (C=O) groups is 1. The first kappa shape index (κ1) is 13.8. The summed E-state index contributed by atoms with van der Waals surface area (Å²) in [7, 11) is 0. The second-order valence-corrected chi connectivity index (χ2v) is 4.24. The second-order valence-electron chi connectivity index (χ2n) is 4.24. The van der Waals surface area contributed by atoms with Crippen LogP contribution in [-0.4, -0.2) is 21.2 Å². The number of aromatic nitrogens is 2. The van der Waals surface area contributed by atoms with E-state index in [1.807, 2.05) is 6.92 Å². The highest BCUT2D eigenvalue weighted by molar-refractivity contribution is 5.64. The van der Waals surface area contributed by atoms with E-state index in [1.165, 1.54) is 6.07 Å². The monoisotopic (exact) mass is 274 g/mol. The Bertz CT molecular complexity index is 707. The predicted octanol–water partition coefficient (Wildman–Crippen LogP) is 2.36. The highest BCUT2D eigenvalue weighted by Crippen LogP contribution is 2.22. The van der Waals surface area contributed by atoms with E-state index in [9.17, 15) is 9.59 Å². The fraction of sp³-hybridized carbons (Fsp3) is 0.214. The van der Waals surface area contributed by atoms with E-state index >= 15 is 0 Å². The summed E-state index contributed by atoms with van der Waals surface area (Å²) in [5.74, 6) is -0.00125. The molecule has 0 fully saturated rings. The topological polar surface area (TPSA) is 92.3 Å². The van der Waals surface area contributed by atoms with E-state index in [2.05, 4.69) is 14.7 Å². The van der Waals surface area contributed by atoms with Gasteiger partial charge >= 0.3 is 6.16 Å². The van der Waals surface area contributed by atoms with Gasteiger partial charge in [0, 0.05) is 22.9 Å². The lowest BCUT2D eigenvalue weighted by atomic mass is 10.1. The van der Waals surface area contributed by atoms with Gasteiger partial charge in [-0.15, -0.1) is 0 Å². The average molecular weight is 274 g/mol. The van der Waals surface area contributed by atoms with Gasteiger partial charge in [0.25, 0.3) is 5.56 Å². The van der Waals surface area contributed by atoms with Crippen LogP contribution in [0.15, 0.2) is 29.1 Å². The number of nitrogens with one attached hydrogen (secondary N) is 1. The van der Waals surface area contributed by atoms with Crippen LogP contribution < -0.4 is 10.3 Å². The van der Waals surface area contributed by atoms with Crippen LogP contribution in [0.3, 0.4) is 0 Å². The molecule has 0 aromatic carbocycles. The summed E-state index contributed by atoms with van der Waals surface area (Å²) in [5, 5.41) is 8.59. The summed E-state index contributed by atoms with van der Waals surface area (Å²) in [5.41, 5.74) is 2.50. The van der Waals surface area contributed by atoms with E-state index in [0.717, 1.165) is 5.56 Å². The minimum absolute atomic E-state index is 0.00125. The molecule has 0 unspecified atom stereocenters. The molecule has 0 saturated heterocycles. The Morgan fingerprint density at radius 3 is 2.85 bits per heavy atom. The van der Waals surface area contributed by atoms with Gasteiger partial charge in [-0.2, -0.15) is 0 Å². The minimum Gasteiger partial charge on any atom is -0.449 e. The largest absolute Gasteiger partial charge is 0.512 e. The number of hydrogen-bond donors (Lipinski definition) is 2. The van der Waals surface area contributed by atoms with Crippen LogP contribution in [0.2, 0.25) is 0 Å². The molecule has 2 heterocycles. The molecule has 6 nitrogen and oxygen atoms in total. The zero-order valence-corrected chi connectivity index (χ0v) is 11.1. The Kier molecular flexibility index (Phi) is 3.84. The Morgan fingerprint density at radius 1 is 1.45 bits per heavy atom. The molecule has 0 aliphatic carbocycles. The third-order valence-electron chi connectivity index (χ3n) is 2.89. The Hall–Kier alpha value is -2.63. The fourth-order valence-electron chi connectivity index (χ4n) is 1.91. The van der Waals surface area contributed by atoms with Crippen LogP contribution in [0, 0.1) is 6.92 Å². The van der Waals surface area contributed by atoms with Gasteiger partial charge in [-0.3, -0.25) is 4.79 Å². The molecule has 20 heavy (non-hydrogen) atoms. The van der Waals surface area contributed by atoms with Gasteiger partial charge in [0.2, 0.25) is 5.88 Å². The van der Waals surface area contributed by atoms with Crippen molar-refractivity contribution >= 4 is 6.16 Å². The number of hydrogen-bond acceptors (Lipinski definition) is 4. The zero-order chi connectivity index (χ0) is 14.7. The summed E-state index contributed by atoms with van der Waals surface area (Å²) in [6, 6.07) is 6.60. The van der Waals surface area contributed by atoms with Crippen LogP contribution in [0.25, 0.3) is 11.3 Å². The molecule has 0 bridgehead atoms. The maximum atomic E-state index is 11.7. The summed E-state index contributed by atoms with van der Waals surface area (Å²) in [4.78, 5) is 29.1. The van der Waals surface area contributed by atoms with E-state index in [1.54, 1.807) is 25.1 Å². The van der Waals surface area contributed by atoms with Crippen molar-refractivity contribution in [1.29, 1.82) is 0 Å². The van der Waals surface area contributed by atoms with Crippen LogP contribution in [-0.2, 0) is 6.42 Å². The average Bonchev–Trinajstić information content (AvgIpc) is 2.38. The number of ether oxygens (including phenoxy) is 1. The number of pyridine rings is 2. The van der Waals surface area contributed by atoms with Crippen molar-refractivity contribution < 1.29 is 14.6 Å². The van der Waals surface area contributed by atoms with Crippen molar-refractivity contribution in [3.8, 4) is 17.1 Å². The molecule has 2 aromatic rings. The Labute approximate surface area is 115 Å². The number of aromatic amines is 1. The predicted molar refractivity (Wildman–Crippen MR) is 73.1 cm³/mol. The van der Waals surface area contributed by atoms with Gasteiger partial charge in [0.15, 0.2) is 0 Å². The number of carboxylic acid groups (broad SMARTS) is 1. The van der Waals surface area contributed by atoms with E-state index in [-0.39, 0.29) is 11.4 Å². The summed E-state index contributed by atoms with van der Waals surface area (Å²) < 4.78 is 4.53. The molecule has 104 valence electrons. The van der Waals surface area contributed by atoms with Crippen molar-refractivity contribution in [3.05, 3.63) is 45.9 Å². The Balaban J connectivity index is 2.51. The SMILES string of the molecule is CCc1cc(-c2cccc(OC(=O)O)n2)c(C)[nH]c1=O. The van der Waals surface area contributed by atoms with E-state index < -0.39 is 6.16 Å². The normalized spacial score (nSPS) is 10.3. The quantitative estimate of drug-likeness (QED) is 0.838. The minimum atomic E-state index is -1.41. The first-order valence-corrected chi connectivity index (χ1v) is 6.12. The molecule has 2 rings (SSSR count). The first-order chi connectivity index (χ1) is 9.51. The lowest BCUT2D eigenvalue weighted by molar-refractivity contribution is 0.142. The molecular formula is C14H14N2O4. The van der Waals surface area contributed by atoms with Crippen molar-refractivity contribution in [3.63, 3.8) is 0 Å².